The summed E-state index contributed by atoms with van der Waals surface area (Å²) in [7, 11) is -4.21. The minimum Gasteiger partial charge on any atom is -0.322 e. The molecule has 1 atom stereocenters. The third-order valence-corrected chi connectivity index (χ3v) is 6.71. The molecular formula is C23H21Cl2FN2O3S. The van der Waals surface area contributed by atoms with Crippen LogP contribution in [0.25, 0.3) is 0 Å². The number of benzene rings is 3. The molecule has 32 heavy (non-hydrogen) atoms. The Labute approximate surface area is 196 Å². The molecule has 0 aromatic heterocycles. The van der Waals surface area contributed by atoms with Crippen LogP contribution in [0.1, 0.15) is 29.3 Å². The predicted molar refractivity (Wildman–Crippen MR) is 125 cm³/mol. The molecule has 2 N–H and O–H groups in total. The molecule has 5 nitrogen and oxygen atoms in total. The molecular weight excluding hydrogens is 474 g/mol. The highest BCUT2D eigenvalue weighted by molar-refractivity contribution is 7.89. The van der Waals surface area contributed by atoms with E-state index >= 15 is 0 Å². The molecule has 1 amide bonds. The third-order valence-electron chi connectivity index (χ3n) is 4.74. The van der Waals surface area contributed by atoms with Crippen molar-refractivity contribution < 1.29 is 17.6 Å². The lowest BCUT2D eigenvalue weighted by Crippen LogP contribution is -2.36. The van der Waals surface area contributed by atoms with Crippen LogP contribution in [-0.2, 0) is 16.4 Å². The van der Waals surface area contributed by atoms with Crippen molar-refractivity contribution in [2.45, 2.75) is 30.7 Å². The molecule has 0 fully saturated rings. The van der Waals surface area contributed by atoms with Crippen molar-refractivity contribution in [2.24, 2.45) is 0 Å². The van der Waals surface area contributed by atoms with Crippen LogP contribution in [0.3, 0.4) is 0 Å². The van der Waals surface area contributed by atoms with E-state index in [9.17, 15) is 17.6 Å². The van der Waals surface area contributed by atoms with Gasteiger partial charge in [0.1, 0.15) is 10.7 Å². The van der Waals surface area contributed by atoms with Crippen LogP contribution in [0.4, 0.5) is 10.1 Å². The SMILES string of the molecule is CCC(Cc1ccccc1)NS(=O)(=O)c1cc(C(=O)Nc2cc(Cl)cc(Cl)c2)ccc1F. The molecule has 168 valence electrons. The maximum atomic E-state index is 14.5. The summed E-state index contributed by atoms with van der Waals surface area (Å²) in [4.78, 5) is 12.0. The summed E-state index contributed by atoms with van der Waals surface area (Å²) in [5, 5.41) is 3.22. The second kappa shape index (κ2) is 10.4. The number of sulfonamides is 1. The minimum atomic E-state index is -4.21. The Balaban J connectivity index is 1.82. The van der Waals surface area contributed by atoms with Crippen LogP contribution >= 0.6 is 23.2 Å². The van der Waals surface area contributed by atoms with Crippen LogP contribution in [0.5, 0.6) is 0 Å². The molecule has 0 spiro atoms. The Morgan fingerprint density at radius 2 is 1.66 bits per heavy atom. The number of nitrogens with one attached hydrogen (secondary N) is 2. The zero-order valence-electron chi connectivity index (χ0n) is 17.1. The van der Waals surface area contributed by atoms with Gasteiger partial charge in [0.2, 0.25) is 10.0 Å². The first-order chi connectivity index (χ1) is 15.2. The monoisotopic (exact) mass is 494 g/mol. The molecule has 3 aromatic rings. The molecule has 0 radical (unpaired) electrons. The summed E-state index contributed by atoms with van der Waals surface area (Å²) in [5.41, 5.74) is 1.25. The molecule has 0 bridgehead atoms. The van der Waals surface area contributed by atoms with Gasteiger partial charge in [0.25, 0.3) is 5.91 Å². The molecule has 3 aromatic carbocycles. The van der Waals surface area contributed by atoms with Crippen molar-refractivity contribution in [3.05, 3.63) is 93.7 Å². The first-order valence-electron chi connectivity index (χ1n) is 9.81. The van der Waals surface area contributed by atoms with Gasteiger partial charge in [-0.25, -0.2) is 17.5 Å². The summed E-state index contributed by atoms with van der Waals surface area (Å²) in [6.07, 6.45) is 0.958. The molecule has 0 aliphatic carbocycles. The zero-order chi connectivity index (χ0) is 23.3. The van der Waals surface area contributed by atoms with Gasteiger partial charge < -0.3 is 5.32 Å². The van der Waals surface area contributed by atoms with Crippen LogP contribution in [0.2, 0.25) is 10.0 Å². The van der Waals surface area contributed by atoms with Crippen LogP contribution < -0.4 is 10.0 Å². The highest BCUT2D eigenvalue weighted by Gasteiger charge is 2.24. The zero-order valence-corrected chi connectivity index (χ0v) is 19.4. The van der Waals surface area contributed by atoms with E-state index < -0.39 is 32.7 Å². The topological polar surface area (TPSA) is 75.3 Å². The van der Waals surface area contributed by atoms with Gasteiger partial charge in [0.15, 0.2) is 0 Å². The van der Waals surface area contributed by atoms with E-state index in [1.165, 1.54) is 24.3 Å². The van der Waals surface area contributed by atoms with Crippen LogP contribution in [-0.4, -0.2) is 20.4 Å². The predicted octanol–water partition coefficient (Wildman–Crippen LogP) is 5.68. The van der Waals surface area contributed by atoms with E-state index in [2.05, 4.69) is 10.0 Å². The average molecular weight is 495 g/mol. The molecule has 0 aliphatic heterocycles. The lowest BCUT2D eigenvalue weighted by Gasteiger charge is -2.18. The Bertz CT molecular complexity index is 1200. The average Bonchev–Trinajstić information content (AvgIpc) is 2.73. The van der Waals surface area contributed by atoms with Crippen molar-refractivity contribution in [3.8, 4) is 0 Å². The van der Waals surface area contributed by atoms with Crippen molar-refractivity contribution in [2.75, 3.05) is 5.32 Å². The molecule has 1 unspecified atom stereocenters. The summed E-state index contributed by atoms with van der Waals surface area (Å²) < 4.78 is 42.8. The van der Waals surface area contributed by atoms with E-state index in [-0.39, 0.29) is 5.56 Å². The normalized spacial score (nSPS) is 12.4. The summed E-state index contributed by atoms with van der Waals surface area (Å²) in [6.45, 7) is 1.84. The van der Waals surface area contributed by atoms with Crippen molar-refractivity contribution in [1.82, 2.24) is 4.72 Å². The lowest BCUT2D eigenvalue weighted by molar-refractivity contribution is 0.102. The largest absolute Gasteiger partial charge is 0.322 e. The van der Waals surface area contributed by atoms with Crippen molar-refractivity contribution in [3.63, 3.8) is 0 Å². The molecule has 0 heterocycles. The number of hydrogen-bond acceptors (Lipinski definition) is 3. The second-order valence-corrected chi connectivity index (χ2v) is 9.73. The number of carbonyl (C=O) groups is 1. The molecule has 3 rings (SSSR count). The molecule has 9 heteroatoms. The number of rotatable bonds is 8. The Morgan fingerprint density at radius 3 is 2.28 bits per heavy atom. The van der Waals surface area contributed by atoms with E-state index in [1.54, 1.807) is 0 Å². The standard InChI is InChI=1S/C23H21Cl2FN2O3S/c1-2-19(10-15-6-4-3-5-7-15)28-32(30,31)22-11-16(8-9-21(22)26)23(29)27-20-13-17(24)12-18(25)14-20/h3-9,11-14,19,28H,2,10H2,1H3,(H,27,29). The fourth-order valence-corrected chi connectivity index (χ4v) is 5.08. The summed E-state index contributed by atoms with van der Waals surface area (Å²) in [5.74, 6) is -1.58. The van der Waals surface area contributed by atoms with Crippen LogP contribution in [0, 0.1) is 5.82 Å². The number of amides is 1. The van der Waals surface area contributed by atoms with Gasteiger partial charge in [-0.1, -0.05) is 60.5 Å². The number of carbonyl (C=O) groups excluding carboxylic acids is 1. The number of hydrogen-bond donors (Lipinski definition) is 2. The highest BCUT2D eigenvalue weighted by Crippen LogP contribution is 2.24. The Morgan fingerprint density at radius 1 is 1.00 bits per heavy atom. The maximum absolute atomic E-state index is 14.5. The number of halogens is 3. The van der Waals surface area contributed by atoms with Crippen molar-refractivity contribution >= 4 is 44.8 Å². The van der Waals surface area contributed by atoms with Gasteiger partial charge in [0, 0.05) is 27.3 Å². The van der Waals surface area contributed by atoms with E-state index in [4.69, 9.17) is 23.2 Å². The van der Waals surface area contributed by atoms with Gasteiger partial charge in [0.05, 0.1) is 0 Å². The third kappa shape index (κ3) is 6.29. The highest BCUT2D eigenvalue weighted by atomic mass is 35.5. The van der Waals surface area contributed by atoms with Gasteiger partial charge in [-0.15, -0.1) is 0 Å². The first-order valence-corrected chi connectivity index (χ1v) is 12.0. The molecule has 0 saturated carbocycles. The summed E-state index contributed by atoms with van der Waals surface area (Å²) in [6, 6.07) is 16.6. The van der Waals surface area contributed by atoms with Crippen molar-refractivity contribution in [1.29, 1.82) is 0 Å². The van der Waals surface area contributed by atoms with E-state index in [0.29, 0.717) is 28.6 Å². The number of anilines is 1. The quantitative estimate of drug-likeness (QED) is 0.422. The second-order valence-electron chi connectivity index (χ2n) is 7.17. The Hall–Kier alpha value is -2.45. The Kier molecular flexibility index (Phi) is 7.90. The van der Waals surface area contributed by atoms with Gasteiger partial charge in [-0.3, -0.25) is 4.79 Å². The lowest BCUT2D eigenvalue weighted by atomic mass is 10.1. The van der Waals surface area contributed by atoms with E-state index in [0.717, 1.165) is 17.7 Å². The first kappa shape index (κ1) is 24.2. The van der Waals surface area contributed by atoms with E-state index in [1.807, 2.05) is 37.3 Å². The van der Waals surface area contributed by atoms with Crippen LogP contribution in [0.15, 0.2) is 71.6 Å². The molecule has 0 aliphatic rings. The summed E-state index contributed by atoms with van der Waals surface area (Å²) >= 11 is 11.9. The minimum absolute atomic E-state index is 0.0287. The molecule has 0 saturated heterocycles. The maximum Gasteiger partial charge on any atom is 0.255 e. The smallest absolute Gasteiger partial charge is 0.255 e. The van der Waals surface area contributed by atoms with Gasteiger partial charge in [-0.2, -0.15) is 0 Å². The fraction of sp³-hybridized carbons (Fsp3) is 0.174. The van der Waals surface area contributed by atoms with Gasteiger partial charge in [-0.05, 0) is 54.8 Å². The fourth-order valence-electron chi connectivity index (χ4n) is 3.13. The van der Waals surface area contributed by atoms with Gasteiger partial charge >= 0.3 is 0 Å².